The first kappa shape index (κ1) is 12.7. The van der Waals surface area contributed by atoms with E-state index in [9.17, 15) is 5.26 Å². The molecule has 0 radical (unpaired) electrons. The van der Waals surface area contributed by atoms with Crippen LogP contribution in [0.5, 0.6) is 0 Å². The Labute approximate surface area is 112 Å². The largest absolute Gasteiger partial charge is 0.377 e. The molecule has 0 fully saturated rings. The second-order valence-corrected chi connectivity index (χ2v) is 4.94. The molecule has 0 saturated heterocycles. The number of anilines is 1. The Morgan fingerprint density at radius 2 is 1.94 bits per heavy atom. The summed E-state index contributed by atoms with van der Waals surface area (Å²) < 4.78 is 0. The number of fused-ring (bicyclic) bond motifs is 1. The Balaban J connectivity index is 3.06. The van der Waals surface area contributed by atoms with Crippen molar-refractivity contribution in [3.63, 3.8) is 0 Å². The lowest BCUT2D eigenvalue weighted by Crippen LogP contribution is -2.13. The van der Waals surface area contributed by atoms with Crippen LogP contribution in [-0.4, -0.2) is 19.1 Å². The van der Waals surface area contributed by atoms with Gasteiger partial charge in [0.2, 0.25) is 0 Å². The number of benzene rings is 1. The number of aromatic nitrogens is 1. The standard InChI is InChI=1S/C14H14ClN3/c1-8-5-6-10(15)12-13(8)17-11(7-16)9(2)14(12)18(3)4/h5-6H,1-4H3. The van der Waals surface area contributed by atoms with Gasteiger partial charge in [0.05, 0.1) is 16.2 Å². The van der Waals surface area contributed by atoms with Gasteiger partial charge in [-0.3, -0.25) is 0 Å². The smallest absolute Gasteiger partial charge is 0.146 e. The minimum Gasteiger partial charge on any atom is -0.377 e. The SMILES string of the molecule is Cc1c(C#N)nc2c(C)ccc(Cl)c2c1N(C)C. The van der Waals surface area contributed by atoms with Crippen molar-refractivity contribution >= 4 is 28.2 Å². The molecule has 3 nitrogen and oxygen atoms in total. The third kappa shape index (κ3) is 1.79. The zero-order valence-electron chi connectivity index (χ0n) is 10.9. The molecule has 0 aliphatic carbocycles. The zero-order chi connectivity index (χ0) is 13.4. The van der Waals surface area contributed by atoms with Crippen molar-refractivity contribution in [1.29, 1.82) is 5.26 Å². The molecule has 0 saturated carbocycles. The van der Waals surface area contributed by atoms with E-state index in [0.29, 0.717) is 10.7 Å². The molecular weight excluding hydrogens is 246 g/mol. The van der Waals surface area contributed by atoms with Gasteiger partial charge in [-0.2, -0.15) is 5.26 Å². The number of nitriles is 1. The second-order valence-electron chi connectivity index (χ2n) is 4.53. The lowest BCUT2D eigenvalue weighted by atomic mass is 10.0. The van der Waals surface area contributed by atoms with E-state index in [0.717, 1.165) is 27.7 Å². The van der Waals surface area contributed by atoms with E-state index in [4.69, 9.17) is 11.6 Å². The fraction of sp³-hybridized carbons (Fsp3) is 0.286. The summed E-state index contributed by atoms with van der Waals surface area (Å²) in [7, 11) is 3.89. The van der Waals surface area contributed by atoms with E-state index in [-0.39, 0.29) is 0 Å². The van der Waals surface area contributed by atoms with E-state index >= 15 is 0 Å². The summed E-state index contributed by atoms with van der Waals surface area (Å²) in [5, 5.41) is 10.8. The first-order valence-corrected chi connectivity index (χ1v) is 6.02. The minimum absolute atomic E-state index is 0.455. The number of halogens is 1. The number of rotatable bonds is 1. The fourth-order valence-electron chi connectivity index (χ4n) is 2.20. The molecule has 4 heteroatoms. The minimum atomic E-state index is 0.455. The van der Waals surface area contributed by atoms with Crippen LogP contribution in [0, 0.1) is 25.2 Å². The van der Waals surface area contributed by atoms with Crippen LogP contribution in [0.2, 0.25) is 5.02 Å². The molecule has 1 heterocycles. The van der Waals surface area contributed by atoms with Crippen LogP contribution in [0.15, 0.2) is 12.1 Å². The molecule has 0 N–H and O–H groups in total. The Kier molecular flexibility index (Phi) is 3.14. The summed E-state index contributed by atoms with van der Waals surface area (Å²) in [6, 6.07) is 5.95. The molecule has 0 spiro atoms. The highest BCUT2D eigenvalue weighted by molar-refractivity contribution is 6.36. The van der Waals surface area contributed by atoms with Crippen molar-refractivity contribution < 1.29 is 0 Å². The van der Waals surface area contributed by atoms with Gasteiger partial charge in [0.25, 0.3) is 0 Å². The van der Waals surface area contributed by atoms with Gasteiger partial charge in [-0.1, -0.05) is 17.7 Å². The van der Waals surface area contributed by atoms with Gasteiger partial charge in [-0.25, -0.2) is 4.98 Å². The maximum atomic E-state index is 9.18. The topological polar surface area (TPSA) is 39.9 Å². The Morgan fingerprint density at radius 1 is 1.28 bits per heavy atom. The number of hydrogen-bond acceptors (Lipinski definition) is 3. The van der Waals surface area contributed by atoms with Gasteiger partial charge in [0, 0.05) is 25.0 Å². The van der Waals surface area contributed by atoms with E-state index in [1.54, 1.807) is 0 Å². The molecule has 0 bridgehead atoms. The zero-order valence-corrected chi connectivity index (χ0v) is 11.6. The maximum Gasteiger partial charge on any atom is 0.146 e. The number of hydrogen-bond donors (Lipinski definition) is 0. The predicted molar refractivity (Wildman–Crippen MR) is 75.3 cm³/mol. The molecule has 2 rings (SSSR count). The number of aryl methyl sites for hydroxylation is 1. The Hall–Kier alpha value is -1.79. The summed E-state index contributed by atoms with van der Waals surface area (Å²) in [5.41, 5.74) is 4.10. The highest BCUT2D eigenvalue weighted by atomic mass is 35.5. The molecular formula is C14H14ClN3. The van der Waals surface area contributed by atoms with E-state index in [1.807, 2.05) is 45.0 Å². The molecule has 0 amide bonds. The van der Waals surface area contributed by atoms with Gasteiger partial charge in [-0.15, -0.1) is 0 Å². The van der Waals surface area contributed by atoms with E-state index < -0.39 is 0 Å². The van der Waals surface area contributed by atoms with E-state index in [2.05, 4.69) is 11.1 Å². The number of pyridine rings is 1. The summed E-state index contributed by atoms with van der Waals surface area (Å²) in [4.78, 5) is 6.40. The Morgan fingerprint density at radius 3 is 2.50 bits per heavy atom. The van der Waals surface area contributed by atoms with Crippen LogP contribution >= 0.6 is 11.6 Å². The lowest BCUT2D eigenvalue weighted by molar-refractivity contribution is 1.11. The van der Waals surface area contributed by atoms with Gasteiger partial charge >= 0.3 is 0 Å². The van der Waals surface area contributed by atoms with Crippen molar-refractivity contribution in [3.8, 4) is 6.07 Å². The summed E-state index contributed by atoms with van der Waals surface area (Å²) in [5.74, 6) is 0. The molecule has 2 aromatic rings. The second kappa shape index (κ2) is 4.47. The monoisotopic (exact) mass is 259 g/mol. The summed E-state index contributed by atoms with van der Waals surface area (Å²) >= 11 is 6.30. The van der Waals surface area contributed by atoms with Crippen molar-refractivity contribution in [2.24, 2.45) is 0 Å². The highest BCUT2D eigenvalue weighted by Gasteiger charge is 2.16. The molecule has 18 heavy (non-hydrogen) atoms. The quantitative estimate of drug-likeness (QED) is 0.788. The van der Waals surface area contributed by atoms with E-state index in [1.165, 1.54) is 0 Å². The molecule has 1 aromatic carbocycles. The first-order chi connectivity index (χ1) is 8.47. The third-order valence-corrected chi connectivity index (χ3v) is 3.37. The van der Waals surface area contributed by atoms with Crippen LogP contribution in [0.25, 0.3) is 10.9 Å². The molecule has 0 unspecified atom stereocenters. The van der Waals surface area contributed by atoms with Crippen molar-refractivity contribution in [1.82, 2.24) is 4.98 Å². The van der Waals surface area contributed by atoms with Crippen LogP contribution in [0.4, 0.5) is 5.69 Å². The summed E-state index contributed by atoms with van der Waals surface area (Å²) in [6.45, 7) is 3.88. The highest BCUT2D eigenvalue weighted by Crippen LogP contribution is 2.36. The number of nitrogens with zero attached hydrogens (tertiary/aromatic N) is 3. The predicted octanol–water partition coefficient (Wildman–Crippen LogP) is 3.44. The van der Waals surface area contributed by atoms with Gasteiger partial charge < -0.3 is 4.90 Å². The molecule has 0 aliphatic rings. The molecule has 92 valence electrons. The van der Waals surface area contributed by atoms with Crippen molar-refractivity contribution in [2.45, 2.75) is 13.8 Å². The Bertz CT molecular complexity index is 669. The average molecular weight is 260 g/mol. The van der Waals surface area contributed by atoms with Crippen molar-refractivity contribution in [3.05, 3.63) is 34.0 Å². The van der Waals surface area contributed by atoms with Gasteiger partial charge in [-0.05, 0) is 25.5 Å². The average Bonchev–Trinajstić information content (AvgIpc) is 2.33. The normalized spacial score (nSPS) is 10.4. The van der Waals surface area contributed by atoms with Crippen LogP contribution in [0.1, 0.15) is 16.8 Å². The third-order valence-electron chi connectivity index (χ3n) is 3.05. The van der Waals surface area contributed by atoms with Gasteiger partial charge in [0.15, 0.2) is 0 Å². The first-order valence-electron chi connectivity index (χ1n) is 5.64. The van der Waals surface area contributed by atoms with Crippen molar-refractivity contribution in [2.75, 3.05) is 19.0 Å². The summed E-state index contributed by atoms with van der Waals surface area (Å²) in [6.07, 6.45) is 0. The molecule has 0 aliphatic heterocycles. The fourth-order valence-corrected chi connectivity index (χ4v) is 2.45. The lowest BCUT2D eigenvalue weighted by Gasteiger charge is -2.20. The molecule has 0 atom stereocenters. The van der Waals surface area contributed by atoms with Crippen LogP contribution in [0.3, 0.4) is 0 Å². The van der Waals surface area contributed by atoms with Gasteiger partial charge in [0.1, 0.15) is 11.8 Å². The molecule has 1 aromatic heterocycles. The van der Waals surface area contributed by atoms with Crippen LogP contribution < -0.4 is 4.90 Å². The maximum absolute atomic E-state index is 9.18. The van der Waals surface area contributed by atoms with Crippen LogP contribution in [-0.2, 0) is 0 Å².